The highest BCUT2D eigenvalue weighted by Crippen LogP contribution is 2.32. The van der Waals surface area contributed by atoms with Crippen LogP contribution >= 0.6 is 0 Å². The molecule has 2 fully saturated rings. The number of imidazole rings is 1. The molecule has 1 unspecified atom stereocenters. The van der Waals surface area contributed by atoms with Gasteiger partial charge in [0.15, 0.2) is 5.03 Å². The lowest BCUT2D eigenvalue weighted by Crippen LogP contribution is -2.42. The molecule has 0 bridgehead atoms. The summed E-state index contributed by atoms with van der Waals surface area (Å²) in [4.78, 5) is 7.05. The Balaban J connectivity index is 1.81. The van der Waals surface area contributed by atoms with E-state index in [1.165, 1.54) is 6.20 Å². The maximum Gasteiger partial charge on any atom is 0.260 e. The first kappa shape index (κ1) is 14.0. The van der Waals surface area contributed by atoms with Gasteiger partial charge in [-0.3, -0.25) is 0 Å². The Morgan fingerprint density at radius 2 is 2.20 bits per heavy atom. The molecule has 1 aliphatic heterocycles. The Morgan fingerprint density at radius 3 is 2.75 bits per heavy atom. The summed E-state index contributed by atoms with van der Waals surface area (Å²) in [6, 6.07) is 0.467. The third-order valence-corrected chi connectivity index (χ3v) is 5.87. The van der Waals surface area contributed by atoms with Gasteiger partial charge >= 0.3 is 0 Å². The lowest BCUT2D eigenvalue weighted by atomic mass is 10.2. The highest BCUT2D eigenvalue weighted by Gasteiger charge is 2.40. The fraction of sp³-hybridized carbons (Fsp3) is 0.769. The molecule has 0 spiro atoms. The minimum Gasteiger partial charge on any atom is -0.332 e. The van der Waals surface area contributed by atoms with E-state index in [4.69, 9.17) is 0 Å². The number of aromatic nitrogens is 2. The molecule has 1 saturated carbocycles. The second kappa shape index (κ2) is 5.46. The fourth-order valence-electron chi connectivity index (χ4n) is 2.72. The molecule has 2 aliphatic rings. The number of H-pyrrole nitrogens is 1. The molecule has 7 heteroatoms. The number of aryl methyl sites for hydroxylation is 1. The van der Waals surface area contributed by atoms with E-state index in [9.17, 15) is 8.42 Å². The van der Waals surface area contributed by atoms with Crippen LogP contribution in [0.4, 0.5) is 0 Å². The minimum atomic E-state index is -3.44. The van der Waals surface area contributed by atoms with Gasteiger partial charge in [0.2, 0.25) is 0 Å². The fourth-order valence-corrected chi connectivity index (χ4v) is 4.38. The molecule has 1 aliphatic carbocycles. The van der Waals surface area contributed by atoms with E-state index in [2.05, 4.69) is 15.3 Å². The SMILES string of the molecule is CCc1ncc(S(=O)(=O)N(CC2CCCN2)C2CC2)[nH]1. The number of hydrogen-bond acceptors (Lipinski definition) is 4. The maximum atomic E-state index is 12.8. The second-order valence-electron chi connectivity index (χ2n) is 5.65. The number of nitrogens with zero attached hydrogens (tertiary/aromatic N) is 2. The number of nitrogens with one attached hydrogen (secondary N) is 2. The number of aromatic amines is 1. The highest BCUT2D eigenvalue weighted by atomic mass is 32.2. The standard InChI is InChI=1S/C13H22N4O2S/c1-2-12-15-8-13(16-12)20(18,19)17(11-5-6-11)9-10-4-3-7-14-10/h8,10-11,14H,2-7,9H2,1H3,(H,15,16). The Morgan fingerprint density at radius 1 is 1.40 bits per heavy atom. The minimum absolute atomic E-state index is 0.177. The molecule has 1 aromatic rings. The van der Waals surface area contributed by atoms with Gasteiger partial charge in [-0.1, -0.05) is 6.92 Å². The third-order valence-electron chi connectivity index (χ3n) is 4.04. The van der Waals surface area contributed by atoms with Crippen LogP contribution in [0.3, 0.4) is 0 Å². The first-order chi connectivity index (χ1) is 9.61. The van der Waals surface area contributed by atoms with E-state index in [1.807, 2.05) is 6.92 Å². The monoisotopic (exact) mass is 298 g/mol. The van der Waals surface area contributed by atoms with E-state index in [0.29, 0.717) is 19.0 Å². The van der Waals surface area contributed by atoms with Crippen molar-refractivity contribution in [1.82, 2.24) is 19.6 Å². The molecule has 3 rings (SSSR count). The molecule has 2 N–H and O–H groups in total. The van der Waals surface area contributed by atoms with Gasteiger partial charge in [0.1, 0.15) is 5.82 Å². The van der Waals surface area contributed by atoms with Crippen LogP contribution in [0.5, 0.6) is 0 Å². The molecule has 0 radical (unpaired) electrons. The van der Waals surface area contributed by atoms with Gasteiger partial charge in [-0.2, -0.15) is 4.31 Å². The lowest BCUT2D eigenvalue weighted by molar-refractivity contribution is 0.361. The Labute approximate surface area is 120 Å². The van der Waals surface area contributed by atoms with E-state index in [1.54, 1.807) is 4.31 Å². The van der Waals surface area contributed by atoms with Gasteiger partial charge in [-0.05, 0) is 32.2 Å². The van der Waals surface area contributed by atoms with Gasteiger partial charge in [-0.25, -0.2) is 13.4 Å². The molecule has 112 valence electrons. The van der Waals surface area contributed by atoms with Crippen molar-refractivity contribution >= 4 is 10.0 Å². The quantitative estimate of drug-likeness (QED) is 0.817. The van der Waals surface area contributed by atoms with Crippen LogP contribution in [0, 0.1) is 0 Å². The summed E-state index contributed by atoms with van der Waals surface area (Å²) < 4.78 is 27.2. The van der Waals surface area contributed by atoms with Crippen molar-refractivity contribution in [1.29, 1.82) is 0 Å². The molecular formula is C13H22N4O2S. The lowest BCUT2D eigenvalue weighted by Gasteiger charge is -2.24. The van der Waals surface area contributed by atoms with Crippen molar-refractivity contribution in [3.63, 3.8) is 0 Å². The Hall–Kier alpha value is -0.920. The summed E-state index contributed by atoms with van der Waals surface area (Å²) >= 11 is 0. The molecule has 20 heavy (non-hydrogen) atoms. The highest BCUT2D eigenvalue weighted by molar-refractivity contribution is 7.89. The zero-order valence-corrected chi connectivity index (χ0v) is 12.6. The topological polar surface area (TPSA) is 78.1 Å². The average Bonchev–Trinajstić information content (AvgIpc) is 2.96. The van der Waals surface area contributed by atoms with Crippen LogP contribution in [0.1, 0.15) is 38.4 Å². The van der Waals surface area contributed by atoms with Crippen LogP contribution in [-0.2, 0) is 16.4 Å². The maximum absolute atomic E-state index is 12.8. The zero-order valence-electron chi connectivity index (χ0n) is 11.8. The third kappa shape index (κ3) is 2.75. The first-order valence-corrected chi connectivity index (χ1v) is 8.84. The van der Waals surface area contributed by atoms with Crippen molar-refractivity contribution in [3.8, 4) is 0 Å². The van der Waals surface area contributed by atoms with E-state index in [-0.39, 0.29) is 11.1 Å². The molecular weight excluding hydrogens is 276 g/mol. The largest absolute Gasteiger partial charge is 0.332 e. The van der Waals surface area contributed by atoms with Crippen molar-refractivity contribution < 1.29 is 8.42 Å². The van der Waals surface area contributed by atoms with Gasteiger partial charge in [0.05, 0.1) is 6.20 Å². The van der Waals surface area contributed by atoms with Crippen molar-refractivity contribution in [3.05, 3.63) is 12.0 Å². The smallest absolute Gasteiger partial charge is 0.260 e. The van der Waals surface area contributed by atoms with E-state index in [0.717, 1.165) is 38.1 Å². The Kier molecular flexibility index (Phi) is 3.83. The summed E-state index contributed by atoms with van der Waals surface area (Å²) in [7, 11) is -3.44. The molecule has 1 aromatic heterocycles. The molecule has 2 heterocycles. The van der Waals surface area contributed by atoms with E-state index < -0.39 is 10.0 Å². The number of sulfonamides is 1. The van der Waals surface area contributed by atoms with Crippen LogP contribution in [0.25, 0.3) is 0 Å². The van der Waals surface area contributed by atoms with Crippen LogP contribution in [0.2, 0.25) is 0 Å². The number of hydrogen-bond donors (Lipinski definition) is 2. The zero-order chi connectivity index (χ0) is 14.2. The summed E-state index contributed by atoms with van der Waals surface area (Å²) in [6.45, 7) is 3.52. The van der Waals surface area contributed by atoms with Crippen molar-refractivity contribution in [2.24, 2.45) is 0 Å². The first-order valence-electron chi connectivity index (χ1n) is 7.40. The van der Waals surface area contributed by atoms with Crippen LogP contribution < -0.4 is 5.32 Å². The predicted molar refractivity (Wildman–Crippen MR) is 75.9 cm³/mol. The summed E-state index contributed by atoms with van der Waals surface area (Å²) in [6.07, 6.45) is 6.30. The van der Waals surface area contributed by atoms with E-state index >= 15 is 0 Å². The summed E-state index contributed by atoms with van der Waals surface area (Å²) in [5, 5.41) is 3.61. The molecule has 6 nitrogen and oxygen atoms in total. The van der Waals surface area contributed by atoms with Gasteiger partial charge in [-0.15, -0.1) is 0 Å². The molecule has 1 saturated heterocycles. The van der Waals surface area contributed by atoms with Crippen molar-refractivity contribution in [2.45, 2.75) is 56.1 Å². The van der Waals surface area contributed by atoms with Gasteiger partial charge < -0.3 is 10.3 Å². The van der Waals surface area contributed by atoms with Crippen LogP contribution in [0.15, 0.2) is 11.2 Å². The summed E-state index contributed by atoms with van der Waals surface area (Å²) in [5.74, 6) is 0.721. The molecule has 1 atom stereocenters. The Bertz CT molecular complexity index is 559. The summed E-state index contributed by atoms with van der Waals surface area (Å²) in [5.41, 5.74) is 0. The van der Waals surface area contributed by atoms with Crippen LogP contribution in [-0.4, -0.2) is 47.9 Å². The second-order valence-corrected chi connectivity index (χ2v) is 7.51. The van der Waals surface area contributed by atoms with Gasteiger partial charge in [0.25, 0.3) is 10.0 Å². The average molecular weight is 298 g/mol. The molecule has 0 aromatic carbocycles. The normalized spacial score (nSPS) is 23.6. The molecule has 0 amide bonds. The van der Waals surface area contributed by atoms with Crippen molar-refractivity contribution in [2.75, 3.05) is 13.1 Å². The van der Waals surface area contributed by atoms with Gasteiger partial charge in [0, 0.05) is 25.0 Å². The number of rotatable bonds is 6. The predicted octanol–water partition coefficient (Wildman–Crippen LogP) is 0.877.